The van der Waals surface area contributed by atoms with Gasteiger partial charge in [0.05, 0.1) is 18.0 Å². The molecule has 0 aliphatic rings. The van der Waals surface area contributed by atoms with Gasteiger partial charge in [0.25, 0.3) is 0 Å². The molecule has 0 spiro atoms. The van der Waals surface area contributed by atoms with E-state index in [4.69, 9.17) is 21.4 Å². The molecule has 2 N–H and O–H groups in total. The Bertz CT molecular complexity index is 812. The number of alkyl carbamates (subject to hydrolysis) is 1. The number of carboxylic acids is 1. The van der Waals surface area contributed by atoms with Gasteiger partial charge in [0.2, 0.25) is 0 Å². The highest BCUT2D eigenvalue weighted by atomic mass is 35.5. The first-order chi connectivity index (χ1) is 12.7. The monoisotopic (exact) mass is 401 g/mol. The van der Waals surface area contributed by atoms with Crippen LogP contribution in [0.25, 0.3) is 0 Å². The van der Waals surface area contributed by atoms with E-state index in [0.717, 1.165) is 12.1 Å². The van der Waals surface area contributed by atoms with Crippen molar-refractivity contribution in [3.05, 3.63) is 70.2 Å². The molecule has 1 amide bonds. The van der Waals surface area contributed by atoms with Crippen LogP contribution in [-0.2, 0) is 22.3 Å². The predicted octanol–water partition coefficient (Wildman–Crippen LogP) is 4.80. The van der Waals surface area contributed by atoms with Crippen LogP contribution in [-0.4, -0.2) is 17.2 Å². The normalized spacial score (nSPS) is 12.3. The van der Waals surface area contributed by atoms with Crippen LogP contribution in [0.1, 0.15) is 29.2 Å². The fourth-order valence-corrected chi connectivity index (χ4v) is 2.56. The van der Waals surface area contributed by atoms with Gasteiger partial charge in [-0.25, -0.2) is 4.79 Å². The molecule has 1 atom stereocenters. The van der Waals surface area contributed by atoms with Gasteiger partial charge in [0, 0.05) is 5.02 Å². The van der Waals surface area contributed by atoms with Crippen LogP contribution in [0.15, 0.2) is 48.5 Å². The fourth-order valence-electron chi connectivity index (χ4n) is 2.31. The largest absolute Gasteiger partial charge is 0.481 e. The lowest BCUT2D eigenvalue weighted by Crippen LogP contribution is -2.31. The van der Waals surface area contributed by atoms with Crippen LogP contribution in [0.2, 0.25) is 5.02 Å². The molecule has 0 unspecified atom stereocenters. The van der Waals surface area contributed by atoms with Crippen LogP contribution >= 0.6 is 11.6 Å². The topological polar surface area (TPSA) is 75.6 Å². The van der Waals surface area contributed by atoms with Crippen molar-refractivity contribution < 1.29 is 32.6 Å². The Morgan fingerprint density at radius 3 is 2.41 bits per heavy atom. The van der Waals surface area contributed by atoms with Crippen molar-refractivity contribution in [3.8, 4) is 0 Å². The molecule has 0 saturated carbocycles. The molecule has 2 rings (SSSR count). The number of ether oxygens (including phenoxy) is 1. The maximum absolute atomic E-state index is 12.9. The van der Waals surface area contributed by atoms with Gasteiger partial charge in [-0.05, 0) is 29.3 Å². The number of halogens is 4. The Kier molecular flexibility index (Phi) is 6.68. The Morgan fingerprint density at radius 1 is 1.15 bits per heavy atom. The number of hydrogen-bond donors (Lipinski definition) is 2. The Hall–Kier alpha value is -2.74. The van der Waals surface area contributed by atoms with Crippen LogP contribution in [0.5, 0.6) is 0 Å². The van der Waals surface area contributed by atoms with Crippen molar-refractivity contribution >= 4 is 23.7 Å². The predicted molar refractivity (Wildman–Crippen MR) is 91.2 cm³/mol. The molecule has 2 aromatic carbocycles. The number of carboxylic acid groups (broad SMARTS) is 1. The summed E-state index contributed by atoms with van der Waals surface area (Å²) in [5, 5.41) is 11.2. The fraction of sp³-hybridized carbons (Fsp3) is 0.222. The number of rotatable bonds is 6. The van der Waals surface area contributed by atoms with Gasteiger partial charge >= 0.3 is 18.2 Å². The molecule has 5 nitrogen and oxygen atoms in total. The summed E-state index contributed by atoms with van der Waals surface area (Å²) in [5.41, 5.74) is -0.471. The Morgan fingerprint density at radius 2 is 1.81 bits per heavy atom. The SMILES string of the molecule is O=C(O)C[C@@H](NC(=O)OCc1ccccc1)c1cc(C(F)(F)F)ccc1Cl. The van der Waals surface area contributed by atoms with Crippen LogP contribution in [0.3, 0.4) is 0 Å². The van der Waals surface area contributed by atoms with Crippen molar-refractivity contribution in [2.75, 3.05) is 0 Å². The molecule has 0 radical (unpaired) electrons. The van der Waals surface area contributed by atoms with E-state index < -0.39 is 36.3 Å². The highest BCUT2D eigenvalue weighted by molar-refractivity contribution is 6.31. The Balaban J connectivity index is 2.17. The second-order valence-electron chi connectivity index (χ2n) is 5.59. The molecule has 0 heterocycles. The van der Waals surface area contributed by atoms with Crippen LogP contribution in [0.4, 0.5) is 18.0 Å². The summed E-state index contributed by atoms with van der Waals surface area (Å²) in [6, 6.07) is 9.90. The summed E-state index contributed by atoms with van der Waals surface area (Å²) in [6.45, 7) is -0.0806. The summed E-state index contributed by atoms with van der Waals surface area (Å²) >= 11 is 5.93. The van der Waals surface area contributed by atoms with Crippen LogP contribution < -0.4 is 5.32 Å². The second-order valence-corrected chi connectivity index (χ2v) is 6.00. The number of alkyl halides is 3. The zero-order valence-electron chi connectivity index (χ0n) is 13.8. The van der Waals surface area contributed by atoms with E-state index in [1.54, 1.807) is 30.3 Å². The minimum atomic E-state index is -4.64. The molecule has 0 aromatic heterocycles. The highest BCUT2D eigenvalue weighted by Crippen LogP contribution is 2.34. The number of nitrogens with one attached hydrogen (secondary N) is 1. The van der Waals surface area contributed by atoms with E-state index in [9.17, 15) is 22.8 Å². The highest BCUT2D eigenvalue weighted by Gasteiger charge is 2.32. The number of hydrogen-bond acceptors (Lipinski definition) is 3. The van der Waals surface area contributed by atoms with Crippen molar-refractivity contribution in [1.82, 2.24) is 5.32 Å². The first kappa shape index (κ1) is 20.6. The summed E-state index contributed by atoms with van der Waals surface area (Å²) in [5.74, 6) is -1.32. The van der Waals surface area contributed by atoms with E-state index in [1.165, 1.54) is 0 Å². The van der Waals surface area contributed by atoms with E-state index >= 15 is 0 Å². The second kappa shape index (κ2) is 8.77. The molecule has 0 saturated heterocycles. The molecule has 0 fully saturated rings. The molecule has 0 aliphatic carbocycles. The first-order valence-electron chi connectivity index (χ1n) is 7.72. The van der Waals surface area contributed by atoms with E-state index in [0.29, 0.717) is 11.6 Å². The molecule has 9 heteroatoms. The average molecular weight is 402 g/mol. The van der Waals surface area contributed by atoms with Crippen molar-refractivity contribution in [1.29, 1.82) is 0 Å². The van der Waals surface area contributed by atoms with Crippen molar-refractivity contribution in [2.45, 2.75) is 25.2 Å². The lowest BCUT2D eigenvalue weighted by Gasteiger charge is -2.20. The number of aliphatic carboxylic acids is 1. The van der Waals surface area contributed by atoms with Gasteiger partial charge in [-0.2, -0.15) is 13.2 Å². The zero-order chi connectivity index (χ0) is 20.0. The van der Waals surface area contributed by atoms with Gasteiger partial charge in [-0.3, -0.25) is 4.79 Å². The summed E-state index contributed by atoms with van der Waals surface area (Å²) in [4.78, 5) is 23.1. The maximum Gasteiger partial charge on any atom is 0.416 e. The van der Waals surface area contributed by atoms with Gasteiger partial charge in [-0.15, -0.1) is 0 Å². The molecule has 0 bridgehead atoms. The third kappa shape index (κ3) is 6.18. The molecular weight excluding hydrogens is 387 g/mol. The molecule has 2 aromatic rings. The van der Waals surface area contributed by atoms with Gasteiger partial charge < -0.3 is 15.2 Å². The van der Waals surface area contributed by atoms with E-state index in [1.807, 2.05) is 0 Å². The third-order valence-corrected chi connectivity index (χ3v) is 3.93. The average Bonchev–Trinajstić information content (AvgIpc) is 2.59. The van der Waals surface area contributed by atoms with E-state index in [2.05, 4.69) is 5.32 Å². The number of carbonyl (C=O) groups is 2. The summed E-state index contributed by atoms with van der Waals surface area (Å²) in [6.07, 6.45) is -6.28. The van der Waals surface area contributed by atoms with Gasteiger partial charge in [0.1, 0.15) is 6.61 Å². The summed E-state index contributed by atoms with van der Waals surface area (Å²) < 4.78 is 43.8. The number of amides is 1. The number of carbonyl (C=O) groups excluding carboxylic acids is 1. The quantitative estimate of drug-likeness (QED) is 0.729. The first-order valence-corrected chi connectivity index (χ1v) is 8.10. The standard InChI is InChI=1S/C18H15ClF3NO4/c19-14-7-6-12(18(20,21)22)8-13(14)15(9-16(24)25)23-17(26)27-10-11-4-2-1-3-5-11/h1-8,15H,9-10H2,(H,23,26)(H,24,25)/t15-/m1/s1. The summed E-state index contributed by atoms with van der Waals surface area (Å²) in [7, 11) is 0. The molecular formula is C18H15ClF3NO4. The lowest BCUT2D eigenvalue weighted by molar-refractivity contribution is -0.138. The minimum Gasteiger partial charge on any atom is -0.481 e. The van der Waals surface area contributed by atoms with Crippen LogP contribution in [0, 0.1) is 0 Å². The molecule has 27 heavy (non-hydrogen) atoms. The lowest BCUT2D eigenvalue weighted by atomic mass is 10.0. The van der Waals surface area contributed by atoms with Crippen molar-refractivity contribution in [2.24, 2.45) is 0 Å². The Labute approximate surface area is 157 Å². The minimum absolute atomic E-state index is 0.0806. The zero-order valence-corrected chi connectivity index (χ0v) is 14.6. The van der Waals surface area contributed by atoms with Crippen molar-refractivity contribution in [3.63, 3.8) is 0 Å². The molecule has 144 valence electrons. The smallest absolute Gasteiger partial charge is 0.416 e. The van der Waals surface area contributed by atoms with E-state index in [-0.39, 0.29) is 17.2 Å². The van der Waals surface area contributed by atoms with Gasteiger partial charge in [-0.1, -0.05) is 41.9 Å². The molecule has 0 aliphatic heterocycles. The third-order valence-electron chi connectivity index (χ3n) is 3.58. The van der Waals surface area contributed by atoms with Gasteiger partial charge in [0.15, 0.2) is 0 Å². The number of benzene rings is 2. The maximum atomic E-state index is 12.9.